The van der Waals surface area contributed by atoms with Crippen LogP contribution in [0.15, 0.2) is 91.1 Å². The molecular weight excluding hydrogens is 424 g/mol. The number of rotatable bonds is 9. The fourth-order valence-electron chi connectivity index (χ4n) is 3.57. The average Bonchev–Trinajstić information content (AvgIpc) is 3.25. The van der Waals surface area contributed by atoms with Crippen LogP contribution in [0.1, 0.15) is 21.9 Å². The summed E-state index contributed by atoms with van der Waals surface area (Å²) in [6.45, 7) is -0.00598. The van der Waals surface area contributed by atoms with E-state index in [2.05, 4.69) is 4.98 Å². The van der Waals surface area contributed by atoms with Gasteiger partial charge in [0.15, 0.2) is 0 Å². The number of aromatic amines is 1. The fraction of sp³-hybridized carbons (Fsp3) is 0.160. The third kappa shape index (κ3) is 5.00. The van der Waals surface area contributed by atoms with Crippen molar-refractivity contribution in [3.63, 3.8) is 0 Å². The van der Waals surface area contributed by atoms with Crippen molar-refractivity contribution in [3.05, 3.63) is 118 Å². The molecule has 0 radical (unpaired) electrons. The van der Waals surface area contributed by atoms with E-state index >= 15 is 0 Å². The van der Waals surface area contributed by atoms with Gasteiger partial charge >= 0.3 is 12.0 Å². The van der Waals surface area contributed by atoms with E-state index in [1.54, 1.807) is 6.20 Å². The van der Waals surface area contributed by atoms with Crippen molar-refractivity contribution in [2.75, 3.05) is 0 Å². The molecule has 0 saturated carbocycles. The van der Waals surface area contributed by atoms with Crippen molar-refractivity contribution < 1.29 is 14.5 Å². The first-order valence-electron chi connectivity index (χ1n) is 10.2. The highest BCUT2D eigenvalue weighted by atomic mass is 32.2. The number of para-hydroxylation sites is 1. The quantitative estimate of drug-likeness (QED) is 0.208. The third-order valence-corrected chi connectivity index (χ3v) is 6.55. The van der Waals surface area contributed by atoms with Crippen LogP contribution in [0, 0.1) is 10.1 Å². The van der Waals surface area contributed by atoms with Gasteiger partial charge in [0.1, 0.15) is 11.9 Å². The van der Waals surface area contributed by atoms with Gasteiger partial charge in [-0.1, -0.05) is 78.9 Å². The Kier molecular flexibility index (Phi) is 6.87. The third-order valence-electron chi connectivity index (χ3n) is 5.18. The van der Waals surface area contributed by atoms with Gasteiger partial charge in [0.25, 0.3) is 0 Å². The number of carbonyl (C=O) groups excluding carboxylic acids is 1. The number of nitrogens with one attached hydrogen (secondary N) is 1. The van der Waals surface area contributed by atoms with Gasteiger partial charge in [-0.3, -0.25) is 10.1 Å². The number of aromatic nitrogens is 1. The molecule has 2 atom stereocenters. The van der Waals surface area contributed by atoms with Crippen LogP contribution in [-0.4, -0.2) is 21.9 Å². The summed E-state index contributed by atoms with van der Waals surface area (Å²) in [5, 5.41) is 12.3. The maximum Gasteiger partial charge on any atom is 0.383 e. The molecule has 4 rings (SSSR count). The molecule has 0 fully saturated rings. The van der Waals surface area contributed by atoms with Gasteiger partial charge in [0, 0.05) is 27.8 Å². The highest BCUT2D eigenvalue weighted by Crippen LogP contribution is 2.39. The van der Waals surface area contributed by atoms with E-state index in [4.69, 9.17) is 4.74 Å². The van der Waals surface area contributed by atoms with Gasteiger partial charge in [-0.05, 0) is 22.8 Å². The minimum absolute atomic E-state index is 0.00598. The topological polar surface area (TPSA) is 85.2 Å². The van der Waals surface area contributed by atoms with Crippen molar-refractivity contribution in [1.29, 1.82) is 0 Å². The van der Waals surface area contributed by atoms with Crippen LogP contribution in [0.4, 0.5) is 0 Å². The molecule has 1 aromatic heterocycles. The fourth-order valence-corrected chi connectivity index (χ4v) is 4.91. The summed E-state index contributed by atoms with van der Waals surface area (Å²) in [5.41, 5.74) is 3.40. The molecule has 0 aliphatic rings. The molecule has 6 nitrogen and oxygen atoms in total. The largest absolute Gasteiger partial charge is 0.456 e. The van der Waals surface area contributed by atoms with E-state index in [0.717, 1.165) is 27.6 Å². The normalized spacial score (nSPS) is 12.9. The van der Waals surface area contributed by atoms with Crippen molar-refractivity contribution >= 4 is 28.6 Å². The Labute approximate surface area is 189 Å². The Morgan fingerprint density at radius 1 is 0.938 bits per heavy atom. The van der Waals surface area contributed by atoms with E-state index < -0.39 is 22.2 Å². The number of benzene rings is 3. The van der Waals surface area contributed by atoms with Gasteiger partial charge in [0.2, 0.25) is 0 Å². The maximum atomic E-state index is 13.0. The van der Waals surface area contributed by atoms with Crippen LogP contribution in [0.3, 0.4) is 0 Å². The summed E-state index contributed by atoms with van der Waals surface area (Å²) in [5.74, 6) is -0.309. The monoisotopic (exact) mass is 446 g/mol. The minimum atomic E-state index is -1.54. The van der Waals surface area contributed by atoms with Gasteiger partial charge < -0.3 is 9.72 Å². The molecule has 2 unspecified atom stereocenters. The molecule has 4 aromatic rings. The zero-order chi connectivity index (χ0) is 22.3. The first kappa shape index (κ1) is 21.6. The number of nitro groups is 1. The number of fused-ring (bicyclic) bond motifs is 1. The van der Waals surface area contributed by atoms with Crippen molar-refractivity contribution in [2.45, 2.75) is 23.7 Å². The summed E-state index contributed by atoms with van der Waals surface area (Å²) in [4.78, 5) is 27.7. The van der Waals surface area contributed by atoms with Gasteiger partial charge in [-0.25, -0.2) is 4.79 Å². The van der Waals surface area contributed by atoms with Crippen molar-refractivity contribution in [3.8, 4) is 0 Å². The van der Waals surface area contributed by atoms with E-state index in [1.807, 2.05) is 84.9 Å². The Morgan fingerprint density at radius 2 is 1.56 bits per heavy atom. The number of hydrogen-bond donors (Lipinski definition) is 1. The molecule has 0 aliphatic carbocycles. The Morgan fingerprint density at radius 3 is 2.25 bits per heavy atom. The van der Waals surface area contributed by atoms with E-state index in [-0.39, 0.29) is 6.61 Å². The highest BCUT2D eigenvalue weighted by Gasteiger charge is 2.42. The lowest BCUT2D eigenvalue weighted by Gasteiger charge is -2.20. The predicted molar refractivity (Wildman–Crippen MR) is 126 cm³/mol. The number of esters is 1. The summed E-state index contributed by atoms with van der Waals surface area (Å²) in [6, 6.07) is 24.9. The van der Waals surface area contributed by atoms with Crippen LogP contribution in [0.2, 0.25) is 0 Å². The number of hydrogen-bond acceptors (Lipinski definition) is 5. The Bertz CT molecular complexity index is 1190. The van der Waals surface area contributed by atoms with E-state index in [0.29, 0.717) is 5.75 Å². The maximum absolute atomic E-state index is 13.0. The zero-order valence-electron chi connectivity index (χ0n) is 17.2. The standard InChI is InChI=1S/C25H22N2O4S/c28-25(31-16-18-9-3-1-4-10-18)23(27(29)30)24(32-17-19-11-5-2-6-12-19)21-15-26-22-14-8-7-13-20(21)22/h1-15,23-24,26H,16-17H2. The molecule has 0 aliphatic heterocycles. The second kappa shape index (κ2) is 10.2. The number of H-pyrrole nitrogens is 1. The van der Waals surface area contributed by atoms with Crippen LogP contribution < -0.4 is 0 Å². The molecule has 1 heterocycles. The summed E-state index contributed by atoms with van der Waals surface area (Å²) < 4.78 is 5.39. The predicted octanol–water partition coefficient (Wildman–Crippen LogP) is 5.53. The van der Waals surface area contributed by atoms with Crippen LogP contribution in [0.25, 0.3) is 10.9 Å². The zero-order valence-corrected chi connectivity index (χ0v) is 18.0. The number of carbonyl (C=O) groups is 1. The lowest BCUT2D eigenvalue weighted by atomic mass is 10.0. The molecule has 3 aromatic carbocycles. The first-order chi connectivity index (χ1) is 15.6. The summed E-state index contributed by atoms with van der Waals surface area (Å²) in [7, 11) is 0. The summed E-state index contributed by atoms with van der Waals surface area (Å²) in [6.07, 6.45) is 1.76. The van der Waals surface area contributed by atoms with Gasteiger partial charge in [-0.2, -0.15) is 0 Å². The highest BCUT2D eigenvalue weighted by molar-refractivity contribution is 7.98. The molecular formula is C25H22N2O4S. The second-order valence-electron chi connectivity index (χ2n) is 7.33. The SMILES string of the molecule is O=C(OCc1ccccc1)C(C(SCc1ccccc1)c1c[nH]c2ccccc12)[N+](=O)[O-]. The second-order valence-corrected chi connectivity index (χ2v) is 8.46. The molecule has 1 N–H and O–H groups in total. The minimum Gasteiger partial charge on any atom is -0.456 e. The van der Waals surface area contributed by atoms with Gasteiger partial charge in [0.05, 0.1) is 0 Å². The Hall–Kier alpha value is -3.58. The molecule has 0 saturated heterocycles. The van der Waals surface area contributed by atoms with Gasteiger partial charge in [-0.15, -0.1) is 11.8 Å². The molecule has 0 amide bonds. The molecule has 162 valence electrons. The average molecular weight is 447 g/mol. The van der Waals surface area contributed by atoms with Crippen LogP contribution in [-0.2, 0) is 21.9 Å². The number of nitrogens with zero attached hydrogens (tertiary/aromatic N) is 1. The lowest BCUT2D eigenvalue weighted by molar-refractivity contribution is -0.510. The molecule has 7 heteroatoms. The molecule has 32 heavy (non-hydrogen) atoms. The van der Waals surface area contributed by atoms with E-state index in [1.165, 1.54) is 11.8 Å². The molecule has 0 spiro atoms. The van der Waals surface area contributed by atoms with Crippen LogP contribution in [0.5, 0.6) is 0 Å². The summed E-state index contributed by atoms with van der Waals surface area (Å²) >= 11 is 1.37. The van der Waals surface area contributed by atoms with Crippen molar-refractivity contribution in [1.82, 2.24) is 4.98 Å². The first-order valence-corrected chi connectivity index (χ1v) is 11.2. The van der Waals surface area contributed by atoms with Crippen LogP contribution >= 0.6 is 11.8 Å². The smallest absolute Gasteiger partial charge is 0.383 e. The Balaban J connectivity index is 1.63. The van der Waals surface area contributed by atoms with Crippen molar-refractivity contribution in [2.24, 2.45) is 0 Å². The van der Waals surface area contributed by atoms with E-state index in [9.17, 15) is 14.9 Å². The molecule has 0 bridgehead atoms. The number of ether oxygens (including phenoxy) is 1. The lowest BCUT2D eigenvalue weighted by Crippen LogP contribution is -2.36. The number of thioether (sulfide) groups is 1.